The minimum atomic E-state index is -3.66. The molecule has 3 aromatic rings. The van der Waals surface area contributed by atoms with Gasteiger partial charge in [0.1, 0.15) is 11.9 Å². The molecule has 0 aliphatic carbocycles. The largest absolute Gasteiger partial charge is 0.350 e. The molecule has 0 fully saturated rings. The molecule has 0 bridgehead atoms. The zero-order valence-electron chi connectivity index (χ0n) is 18.5. The summed E-state index contributed by atoms with van der Waals surface area (Å²) in [6.07, 6.45) is 4.75. The average Bonchev–Trinajstić information content (AvgIpc) is 3.14. The van der Waals surface area contributed by atoms with Gasteiger partial charge in [-0.1, -0.05) is 24.3 Å². The van der Waals surface area contributed by atoms with Gasteiger partial charge in [-0.3, -0.25) is 9.10 Å². The second-order valence-corrected chi connectivity index (χ2v) is 9.61. The van der Waals surface area contributed by atoms with E-state index in [1.807, 2.05) is 67.9 Å². The summed E-state index contributed by atoms with van der Waals surface area (Å²) in [6, 6.07) is 12.4. The molecule has 1 atom stereocenters. The number of nitrogens with zero attached hydrogens (tertiary/aromatic N) is 3. The van der Waals surface area contributed by atoms with Crippen LogP contribution in [0, 0.1) is 20.8 Å². The van der Waals surface area contributed by atoms with Gasteiger partial charge in [0.2, 0.25) is 15.9 Å². The Kier molecular flexibility index (Phi) is 6.50. The Bertz CT molecular complexity index is 1180. The first kappa shape index (κ1) is 22.6. The molecule has 8 heteroatoms. The van der Waals surface area contributed by atoms with Crippen LogP contribution in [0.4, 0.5) is 5.69 Å². The predicted octanol–water partition coefficient (Wildman–Crippen LogP) is 3.27. The third kappa shape index (κ3) is 5.14. The van der Waals surface area contributed by atoms with Gasteiger partial charge in [0, 0.05) is 24.6 Å². The van der Waals surface area contributed by atoms with Gasteiger partial charge in [-0.15, -0.1) is 0 Å². The van der Waals surface area contributed by atoms with Gasteiger partial charge in [-0.25, -0.2) is 13.4 Å². The molecule has 0 aliphatic heterocycles. The lowest BCUT2D eigenvalue weighted by atomic mass is 10.1. The van der Waals surface area contributed by atoms with E-state index in [2.05, 4.69) is 10.3 Å². The van der Waals surface area contributed by atoms with E-state index < -0.39 is 16.1 Å². The van der Waals surface area contributed by atoms with E-state index in [1.165, 1.54) is 4.31 Å². The van der Waals surface area contributed by atoms with Crippen LogP contribution in [0.15, 0.2) is 54.9 Å². The summed E-state index contributed by atoms with van der Waals surface area (Å²) in [6.45, 7) is 7.56. The lowest BCUT2D eigenvalue weighted by Crippen LogP contribution is -2.48. The highest BCUT2D eigenvalue weighted by atomic mass is 32.2. The van der Waals surface area contributed by atoms with Crippen molar-refractivity contribution in [3.8, 4) is 5.69 Å². The molecule has 0 spiro atoms. The molecule has 0 saturated carbocycles. The molecular formula is C23H28N4O3S. The number of carbonyl (C=O) groups is 1. The Labute approximate surface area is 183 Å². The highest BCUT2D eigenvalue weighted by molar-refractivity contribution is 7.92. The standard InChI is InChI=1S/C23H28N4O3S/c1-16-6-7-17(2)22(14-16)27(31(5,29)30)18(3)23(28)25-15-20-8-10-21(11-9-20)26-13-12-24-19(26)4/h6-14,18H,15H2,1-5H3,(H,25,28)/t18-/m1/s1. The number of sulfonamides is 1. The topological polar surface area (TPSA) is 84.3 Å². The van der Waals surface area contributed by atoms with E-state index >= 15 is 0 Å². The predicted molar refractivity (Wildman–Crippen MR) is 123 cm³/mol. The summed E-state index contributed by atoms with van der Waals surface area (Å²) in [5.74, 6) is 0.531. The summed E-state index contributed by atoms with van der Waals surface area (Å²) >= 11 is 0. The fourth-order valence-corrected chi connectivity index (χ4v) is 4.72. The third-order valence-electron chi connectivity index (χ3n) is 5.20. The number of anilines is 1. The molecule has 0 aliphatic rings. The summed E-state index contributed by atoms with van der Waals surface area (Å²) in [5.41, 5.74) is 4.14. The maximum Gasteiger partial charge on any atom is 0.243 e. The molecule has 0 radical (unpaired) electrons. The van der Waals surface area contributed by atoms with Crippen LogP contribution in [-0.4, -0.2) is 36.2 Å². The SMILES string of the molecule is Cc1ccc(C)c(N([C@H](C)C(=O)NCc2ccc(-n3ccnc3C)cc2)S(C)(=O)=O)c1. The minimum Gasteiger partial charge on any atom is -0.350 e. The number of imidazole rings is 1. The molecule has 1 N–H and O–H groups in total. The molecule has 1 amide bonds. The first-order chi connectivity index (χ1) is 14.6. The Balaban J connectivity index is 1.74. The van der Waals surface area contributed by atoms with Crippen molar-refractivity contribution in [3.05, 3.63) is 77.4 Å². The second kappa shape index (κ2) is 8.93. The quantitative estimate of drug-likeness (QED) is 0.611. The number of hydrogen-bond acceptors (Lipinski definition) is 4. The fraction of sp³-hybridized carbons (Fsp3) is 0.304. The van der Waals surface area contributed by atoms with Crippen molar-refractivity contribution in [3.63, 3.8) is 0 Å². The molecular weight excluding hydrogens is 412 g/mol. The lowest BCUT2D eigenvalue weighted by Gasteiger charge is -2.29. The summed E-state index contributed by atoms with van der Waals surface area (Å²) in [4.78, 5) is 17.1. The third-order valence-corrected chi connectivity index (χ3v) is 6.43. The maximum absolute atomic E-state index is 12.8. The zero-order chi connectivity index (χ0) is 22.8. The van der Waals surface area contributed by atoms with Crippen molar-refractivity contribution >= 4 is 21.6 Å². The molecule has 1 aromatic heterocycles. The molecule has 3 rings (SSSR count). The number of aryl methyl sites for hydroxylation is 3. The van der Waals surface area contributed by atoms with Crippen LogP contribution < -0.4 is 9.62 Å². The number of benzene rings is 2. The Morgan fingerprint density at radius 2 is 1.81 bits per heavy atom. The van der Waals surface area contributed by atoms with E-state index in [4.69, 9.17) is 0 Å². The lowest BCUT2D eigenvalue weighted by molar-refractivity contribution is -0.122. The van der Waals surface area contributed by atoms with Gasteiger partial charge in [0.05, 0.1) is 11.9 Å². The van der Waals surface area contributed by atoms with Gasteiger partial charge in [-0.05, 0) is 62.6 Å². The number of nitrogens with one attached hydrogen (secondary N) is 1. The molecule has 0 unspecified atom stereocenters. The molecule has 31 heavy (non-hydrogen) atoms. The van der Waals surface area contributed by atoms with E-state index in [9.17, 15) is 13.2 Å². The molecule has 2 aromatic carbocycles. The van der Waals surface area contributed by atoms with Gasteiger partial charge < -0.3 is 9.88 Å². The van der Waals surface area contributed by atoms with Crippen molar-refractivity contribution in [2.24, 2.45) is 0 Å². The first-order valence-electron chi connectivity index (χ1n) is 10.0. The number of rotatable bonds is 7. The summed E-state index contributed by atoms with van der Waals surface area (Å²) in [5, 5.41) is 2.86. The second-order valence-electron chi connectivity index (χ2n) is 7.75. The normalized spacial score (nSPS) is 12.4. The van der Waals surface area contributed by atoms with Gasteiger partial charge in [-0.2, -0.15) is 0 Å². The van der Waals surface area contributed by atoms with E-state index in [1.54, 1.807) is 19.2 Å². The number of aromatic nitrogens is 2. The minimum absolute atomic E-state index is 0.302. The Morgan fingerprint density at radius 1 is 1.13 bits per heavy atom. The summed E-state index contributed by atoms with van der Waals surface area (Å²) < 4.78 is 28.2. The molecule has 164 valence electrons. The van der Waals surface area contributed by atoms with Crippen molar-refractivity contribution < 1.29 is 13.2 Å². The van der Waals surface area contributed by atoms with E-state index in [0.29, 0.717) is 12.2 Å². The molecule has 1 heterocycles. The van der Waals surface area contributed by atoms with Crippen molar-refractivity contribution in [1.29, 1.82) is 0 Å². The number of hydrogen-bond donors (Lipinski definition) is 1. The van der Waals surface area contributed by atoms with E-state index in [0.717, 1.165) is 34.5 Å². The smallest absolute Gasteiger partial charge is 0.243 e. The van der Waals surface area contributed by atoms with Crippen LogP contribution in [0.25, 0.3) is 5.69 Å². The summed E-state index contributed by atoms with van der Waals surface area (Å²) in [7, 11) is -3.66. The van der Waals surface area contributed by atoms with Crippen LogP contribution in [0.1, 0.15) is 29.4 Å². The molecule has 0 saturated heterocycles. The van der Waals surface area contributed by atoms with Crippen LogP contribution in [0.2, 0.25) is 0 Å². The monoisotopic (exact) mass is 440 g/mol. The van der Waals surface area contributed by atoms with Gasteiger partial charge in [0.25, 0.3) is 0 Å². The first-order valence-corrected chi connectivity index (χ1v) is 11.9. The van der Waals surface area contributed by atoms with E-state index in [-0.39, 0.29) is 5.91 Å². The van der Waals surface area contributed by atoms with Crippen LogP contribution in [0.3, 0.4) is 0 Å². The van der Waals surface area contributed by atoms with Crippen LogP contribution in [0.5, 0.6) is 0 Å². The highest BCUT2D eigenvalue weighted by Crippen LogP contribution is 2.26. The zero-order valence-corrected chi connectivity index (χ0v) is 19.3. The van der Waals surface area contributed by atoms with Crippen molar-refractivity contribution in [2.45, 2.75) is 40.3 Å². The maximum atomic E-state index is 12.8. The van der Waals surface area contributed by atoms with Gasteiger partial charge in [0.15, 0.2) is 0 Å². The fourth-order valence-electron chi connectivity index (χ4n) is 3.50. The average molecular weight is 441 g/mol. The Hall–Kier alpha value is -3.13. The van der Waals surface area contributed by atoms with Crippen molar-refractivity contribution in [2.75, 3.05) is 10.6 Å². The Morgan fingerprint density at radius 3 is 2.39 bits per heavy atom. The van der Waals surface area contributed by atoms with Crippen LogP contribution in [-0.2, 0) is 21.4 Å². The van der Waals surface area contributed by atoms with Crippen LogP contribution >= 0.6 is 0 Å². The number of carbonyl (C=O) groups excluding carboxylic acids is 1. The highest BCUT2D eigenvalue weighted by Gasteiger charge is 2.30. The molecule has 7 nitrogen and oxygen atoms in total. The van der Waals surface area contributed by atoms with Crippen molar-refractivity contribution in [1.82, 2.24) is 14.9 Å². The number of amides is 1. The van der Waals surface area contributed by atoms with Gasteiger partial charge >= 0.3 is 0 Å².